The standard InChI is InChI=1S/C25H24ClF3N4O2S2/c1-4-19(34)33-13(2)10-31(11-14(33)3)23-16-9-17(25(27,28)29)20(18-8-15(26)12-37-18)22-21(16)32(24(35)30-23)6-5-7-36-22/h4,8-9,12-14H,1,5-7,10-11H2,2-3H3/t13-,14?/m0/s1. The number of thiophene rings is 1. The summed E-state index contributed by atoms with van der Waals surface area (Å²) in [5, 5.41) is 2.25. The molecule has 1 saturated heterocycles. The van der Waals surface area contributed by atoms with Gasteiger partial charge in [0.25, 0.3) is 0 Å². The topological polar surface area (TPSA) is 58.4 Å². The Bertz CT molecular complexity index is 1460. The van der Waals surface area contributed by atoms with E-state index in [0.29, 0.717) is 52.1 Å². The van der Waals surface area contributed by atoms with E-state index in [0.717, 1.165) is 17.4 Å². The maximum Gasteiger partial charge on any atom is 0.417 e. The number of carbonyl (C=O) groups excluding carboxylic acids is 1. The molecule has 3 aromatic rings. The van der Waals surface area contributed by atoms with Gasteiger partial charge in [-0.3, -0.25) is 9.36 Å². The zero-order chi connectivity index (χ0) is 26.6. The molecular weight excluding hydrogens is 545 g/mol. The van der Waals surface area contributed by atoms with Gasteiger partial charge >= 0.3 is 11.9 Å². The molecule has 196 valence electrons. The van der Waals surface area contributed by atoms with Crippen molar-refractivity contribution in [2.45, 2.75) is 50.0 Å². The Kier molecular flexibility index (Phi) is 6.82. The van der Waals surface area contributed by atoms with Gasteiger partial charge in [-0.2, -0.15) is 18.2 Å². The first-order valence-electron chi connectivity index (χ1n) is 11.8. The van der Waals surface area contributed by atoms with Crippen molar-refractivity contribution in [1.82, 2.24) is 14.5 Å². The van der Waals surface area contributed by atoms with Crippen LogP contribution in [0.25, 0.3) is 21.3 Å². The van der Waals surface area contributed by atoms with E-state index in [1.807, 2.05) is 18.7 Å². The second-order valence-corrected chi connectivity index (χ2v) is 11.7. The molecular formula is C25H24ClF3N4O2S2. The Hall–Kier alpha value is -2.50. The second-order valence-electron chi connectivity index (χ2n) is 9.28. The summed E-state index contributed by atoms with van der Waals surface area (Å²) in [7, 11) is 0. The van der Waals surface area contributed by atoms with Gasteiger partial charge < -0.3 is 9.80 Å². The lowest BCUT2D eigenvalue weighted by molar-refractivity contribution is -0.137. The highest BCUT2D eigenvalue weighted by molar-refractivity contribution is 7.99. The van der Waals surface area contributed by atoms with Crippen LogP contribution in [-0.2, 0) is 17.5 Å². The van der Waals surface area contributed by atoms with Gasteiger partial charge in [0.15, 0.2) is 0 Å². The minimum absolute atomic E-state index is 0.0530. The van der Waals surface area contributed by atoms with Crippen molar-refractivity contribution >= 4 is 57.3 Å². The number of halogens is 4. The second kappa shape index (κ2) is 9.67. The molecule has 0 N–H and O–H groups in total. The molecule has 0 aliphatic carbocycles. The molecule has 37 heavy (non-hydrogen) atoms. The fraction of sp³-hybridized carbons (Fsp3) is 0.400. The monoisotopic (exact) mass is 568 g/mol. The summed E-state index contributed by atoms with van der Waals surface area (Å²) in [4.78, 5) is 34.3. The Balaban J connectivity index is 1.79. The number of anilines is 1. The van der Waals surface area contributed by atoms with Gasteiger partial charge in [0.2, 0.25) is 5.91 Å². The van der Waals surface area contributed by atoms with Crippen LogP contribution >= 0.6 is 34.7 Å². The van der Waals surface area contributed by atoms with Gasteiger partial charge in [-0.15, -0.1) is 23.1 Å². The van der Waals surface area contributed by atoms with Crippen molar-refractivity contribution in [3.05, 3.63) is 51.2 Å². The molecule has 1 unspecified atom stereocenters. The van der Waals surface area contributed by atoms with Crippen molar-refractivity contribution in [2.24, 2.45) is 0 Å². The van der Waals surface area contributed by atoms with Gasteiger partial charge in [-0.25, -0.2) is 4.79 Å². The first-order valence-corrected chi connectivity index (χ1v) is 14.0. The molecule has 2 aliphatic heterocycles. The molecule has 0 spiro atoms. The lowest BCUT2D eigenvalue weighted by atomic mass is 10.0. The first-order chi connectivity index (χ1) is 17.5. The van der Waals surface area contributed by atoms with E-state index in [1.54, 1.807) is 10.3 Å². The van der Waals surface area contributed by atoms with E-state index in [1.165, 1.54) is 28.5 Å². The predicted molar refractivity (Wildman–Crippen MR) is 143 cm³/mol. The molecule has 0 saturated carbocycles. The maximum atomic E-state index is 14.6. The summed E-state index contributed by atoms with van der Waals surface area (Å²) >= 11 is 8.58. The van der Waals surface area contributed by atoms with Crippen molar-refractivity contribution in [3.63, 3.8) is 0 Å². The van der Waals surface area contributed by atoms with Crippen LogP contribution < -0.4 is 10.6 Å². The molecule has 4 heterocycles. The average molecular weight is 569 g/mol. The van der Waals surface area contributed by atoms with Crippen molar-refractivity contribution < 1.29 is 18.0 Å². The molecule has 2 aromatic heterocycles. The van der Waals surface area contributed by atoms with E-state index >= 15 is 0 Å². The molecule has 2 atom stereocenters. The van der Waals surface area contributed by atoms with E-state index < -0.39 is 17.4 Å². The number of benzene rings is 1. The first kappa shape index (κ1) is 26.1. The van der Waals surface area contributed by atoms with Crippen molar-refractivity contribution in [3.8, 4) is 10.4 Å². The highest BCUT2D eigenvalue weighted by Crippen LogP contribution is 2.49. The molecule has 1 aromatic carbocycles. The van der Waals surface area contributed by atoms with E-state index in [9.17, 15) is 22.8 Å². The molecule has 1 fully saturated rings. The number of piperazine rings is 1. The van der Waals surface area contributed by atoms with Gasteiger partial charge in [0.1, 0.15) is 5.82 Å². The summed E-state index contributed by atoms with van der Waals surface area (Å²) in [5.74, 6) is 0.566. The molecule has 5 rings (SSSR count). The number of amides is 1. The molecule has 6 nitrogen and oxygen atoms in total. The molecule has 0 radical (unpaired) electrons. The third-order valence-corrected chi connectivity index (χ3v) is 9.21. The summed E-state index contributed by atoms with van der Waals surface area (Å²) in [5.41, 5.74) is -0.754. The third kappa shape index (κ3) is 4.55. The van der Waals surface area contributed by atoms with Gasteiger partial charge in [-0.1, -0.05) is 18.2 Å². The van der Waals surface area contributed by atoms with Crippen molar-refractivity contribution in [2.75, 3.05) is 23.7 Å². The summed E-state index contributed by atoms with van der Waals surface area (Å²) in [6.45, 7) is 8.31. The summed E-state index contributed by atoms with van der Waals surface area (Å²) in [6.07, 6.45) is -2.76. The Labute approximate surface area is 224 Å². The normalized spacial score (nSPS) is 20.3. The van der Waals surface area contributed by atoms with E-state index in [-0.39, 0.29) is 34.8 Å². The fourth-order valence-corrected chi connectivity index (χ4v) is 7.73. The number of aromatic nitrogens is 2. The largest absolute Gasteiger partial charge is 0.417 e. The number of rotatable bonds is 3. The van der Waals surface area contributed by atoms with Crippen LogP contribution in [0.1, 0.15) is 25.8 Å². The summed E-state index contributed by atoms with van der Waals surface area (Å²) < 4.78 is 45.2. The number of aryl methyl sites for hydroxylation is 1. The highest BCUT2D eigenvalue weighted by atomic mass is 35.5. The number of alkyl halides is 3. The highest BCUT2D eigenvalue weighted by Gasteiger charge is 2.39. The number of hydrogen-bond acceptors (Lipinski definition) is 6. The molecule has 12 heteroatoms. The summed E-state index contributed by atoms with van der Waals surface area (Å²) in [6, 6.07) is 2.15. The van der Waals surface area contributed by atoms with Crippen LogP contribution in [0, 0.1) is 0 Å². The lowest BCUT2D eigenvalue weighted by Gasteiger charge is -2.44. The van der Waals surface area contributed by atoms with E-state index in [2.05, 4.69) is 11.6 Å². The minimum atomic E-state index is -4.64. The van der Waals surface area contributed by atoms with Crippen LogP contribution in [0.2, 0.25) is 5.02 Å². The van der Waals surface area contributed by atoms with Crippen LogP contribution in [0.3, 0.4) is 0 Å². The zero-order valence-electron chi connectivity index (χ0n) is 20.1. The van der Waals surface area contributed by atoms with Crippen LogP contribution in [0.4, 0.5) is 19.0 Å². The Morgan fingerprint density at radius 1 is 1.24 bits per heavy atom. The van der Waals surface area contributed by atoms with Crippen LogP contribution in [0.15, 0.2) is 39.9 Å². The Morgan fingerprint density at radius 2 is 1.95 bits per heavy atom. The van der Waals surface area contributed by atoms with Gasteiger partial charge in [-0.05, 0) is 44.2 Å². The predicted octanol–water partition coefficient (Wildman–Crippen LogP) is 5.90. The minimum Gasteiger partial charge on any atom is -0.352 e. The quantitative estimate of drug-likeness (QED) is 0.368. The van der Waals surface area contributed by atoms with Crippen molar-refractivity contribution in [1.29, 1.82) is 0 Å². The average Bonchev–Trinajstić information content (AvgIpc) is 3.13. The number of nitrogens with zero attached hydrogens (tertiary/aromatic N) is 4. The van der Waals surface area contributed by atoms with Crippen LogP contribution in [-0.4, -0.2) is 51.3 Å². The maximum absolute atomic E-state index is 14.6. The molecule has 1 amide bonds. The number of carbonyl (C=O) groups is 1. The number of thioether (sulfide) groups is 1. The zero-order valence-corrected chi connectivity index (χ0v) is 22.5. The third-order valence-electron chi connectivity index (χ3n) is 6.74. The number of hydrogen-bond donors (Lipinski definition) is 0. The Morgan fingerprint density at radius 3 is 2.54 bits per heavy atom. The smallest absolute Gasteiger partial charge is 0.352 e. The van der Waals surface area contributed by atoms with Crippen LogP contribution in [0.5, 0.6) is 0 Å². The molecule has 2 aliphatic rings. The SMILES string of the molecule is C=CC(=O)N1C(C)CN(c2nc(=O)n3c4c(c(-c5cc(Cl)cs5)c(C(F)(F)F)cc24)SCCC3)C[C@@H]1C. The molecule has 0 bridgehead atoms. The van der Waals surface area contributed by atoms with Gasteiger partial charge in [0.05, 0.1) is 16.1 Å². The fourth-order valence-electron chi connectivity index (χ4n) is 5.33. The van der Waals surface area contributed by atoms with Gasteiger partial charge in [0, 0.05) is 57.8 Å². The van der Waals surface area contributed by atoms with E-state index in [4.69, 9.17) is 11.6 Å². The lowest BCUT2D eigenvalue weighted by Crippen LogP contribution is -2.58.